The molecule has 2 aliphatic heterocycles. The molecular formula is C30H39FN10O4. The molecule has 0 unspecified atom stereocenters. The van der Waals surface area contributed by atoms with E-state index < -0.39 is 0 Å². The van der Waals surface area contributed by atoms with Crippen molar-refractivity contribution in [2.24, 2.45) is 0 Å². The van der Waals surface area contributed by atoms with Crippen LogP contribution in [0.3, 0.4) is 0 Å². The van der Waals surface area contributed by atoms with Crippen molar-refractivity contribution in [2.75, 3.05) is 108 Å². The maximum absolute atomic E-state index is 15.0. The number of carbonyl (C=O) groups is 1. The number of nitrogen functional groups attached to an aromatic ring is 1. The fourth-order valence-electron chi connectivity index (χ4n) is 5.43. The zero-order valence-corrected chi connectivity index (χ0v) is 25.4. The molecule has 3 N–H and O–H groups in total. The topological polar surface area (TPSA) is 143 Å². The van der Waals surface area contributed by atoms with Crippen LogP contribution in [0, 0.1) is 5.82 Å². The number of rotatable bonds is 12. The van der Waals surface area contributed by atoms with Gasteiger partial charge in [0.25, 0.3) is 5.91 Å². The molecule has 1 aromatic carbocycles. The zero-order chi connectivity index (χ0) is 31.2. The van der Waals surface area contributed by atoms with Gasteiger partial charge in [-0.05, 0) is 24.3 Å². The molecule has 0 bridgehead atoms. The first-order chi connectivity index (χ1) is 21.9. The van der Waals surface area contributed by atoms with Crippen LogP contribution in [-0.2, 0) is 9.53 Å². The van der Waals surface area contributed by atoms with E-state index in [0.717, 1.165) is 52.5 Å². The second-order valence-corrected chi connectivity index (χ2v) is 11.1. The number of anilines is 3. The van der Waals surface area contributed by atoms with Crippen molar-refractivity contribution in [2.45, 2.75) is 0 Å². The van der Waals surface area contributed by atoms with Crippen molar-refractivity contribution in [1.29, 1.82) is 0 Å². The molecule has 6 rings (SSSR count). The predicted octanol–water partition coefficient (Wildman–Crippen LogP) is 1.19. The lowest BCUT2D eigenvalue weighted by atomic mass is 10.2. The van der Waals surface area contributed by atoms with E-state index in [1.807, 2.05) is 29.0 Å². The summed E-state index contributed by atoms with van der Waals surface area (Å²) in [5, 5.41) is 7.29. The van der Waals surface area contributed by atoms with Crippen LogP contribution in [0.25, 0.3) is 17.1 Å². The molecule has 2 saturated heterocycles. The van der Waals surface area contributed by atoms with E-state index in [0.29, 0.717) is 60.7 Å². The van der Waals surface area contributed by atoms with Gasteiger partial charge >= 0.3 is 0 Å². The SMILES string of the molecule is CN(CCN1CCN(c2ccc(OCC(=O)NCCN3CCOCC3)cc2F)CC1)c1nc(N)n2nc(-c3ccco3)cc2n1. The number of nitrogens with one attached hydrogen (secondary N) is 1. The summed E-state index contributed by atoms with van der Waals surface area (Å²) in [7, 11) is 1.93. The molecule has 2 fully saturated rings. The number of morpholine rings is 1. The van der Waals surface area contributed by atoms with Crippen LogP contribution in [-0.4, -0.2) is 128 Å². The third-order valence-corrected chi connectivity index (χ3v) is 8.06. The molecule has 14 nitrogen and oxygen atoms in total. The number of halogens is 1. The van der Waals surface area contributed by atoms with Crippen LogP contribution >= 0.6 is 0 Å². The summed E-state index contributed by atoms with van der Waals surface area (Å²) in [5.41, 5.74) is 7.93. The molecule has 4 aromatic rings. The Morgan fingerprint density at radius 2 is 1.87 bits per heavy atom. The summed E-state index contributed by atoms with van der Waals surface area (Å²) < 4.78 is 32.8. The predicted molar refractivity (Wildman–Crippen MR) is 167 cm³/mol. The number of amides is 1. The van der Waals surface area contributed by atoms with Crippen molar-refractivity contribution >= 4 is 29.1 Å². The van der Waals surface area contributed by atoms with Crippen LogP contribution in [0.1, 0.15) is 0 Å². The summed E-state index contributed by atoms with van der Waals surface area (Å²) in [6.07, 6.45) is 1.59. The molecule has 3 aromatic heterocycles. The first-order valence-electron chi connectivity index (χ1n) is 15.2. The summed E-state index contributed by atoms with van der Waals surface area (Å²) in [6.45, 7) is 8.76. The largest absolute Gasteiger partial charge is 0.484 e. The lowest BCUT2D eigenvalue weighted by molar-refractivity contribution is -0.123. The Bertz CT molecular complexity index is 1570. The zero-order valence-electron chi connectivity index (χ0n) is 25.4. The van der Waals surface area contributed by atoms with Crippen LogP contribution in [0.4, 0.5) is 22.0 Å². The average molecular weight is 623 g/mol. The molecule has 2 aliphatic rings. The molecule has 0 atom stereocenters. The maximum atomic E-state index is 15.0. The number of nitrogens with two attached hydrogens (primary N) is 1. The minimum atomic E-state index is -0.367. The number of piperazine rings is 1. The summed E-state index contributed by atoms with van der Waals surface area (Å²) in [6, 6.07) is 10.2. The molecule has 1 amide bonds. The monoisotopic (exact) mass is 622 g/mol. The Balaban J connectivity index is 0.937. The lowest BCUT2D eigenvalue weighted by Gasteiger charge is -2.36. The Kier molecular flexibility index (Phi) is 9.57. The van der Waals surface area contributed by atoms with E-state index in [9.17, 15) is 4.79 Å². The Hall–Kier alpha value is -4.47. The van der Waals surface area contributed by atoms with E-state index in [2.05, 4.69) is 30.2 Å². The molecule has 0 radical (unpaired) electrons. The van der Waals surface area contributed by atoms with Crippen LogP contribution < -0.4 is 25.6 Å². The van der Waals surface area contributed by atoms with Crippen molar-refractivity contribution in [3.63, 3.8) is 0 Å². The summed E-state index contributed by atoms with van der Waals surface area (Å²) in [5.74, 6) is 1.12. The van der Waals surface area contributed by atoms with Crippen molar-refractivity contribution in [3.8, 4) is 17.2 Å². The van der Waals surface area contributed by atoms with Gasteiger partial charge in [-0.25, -0.2) is 4.39 Å². The lowest BCUT2D eigenvalue weighted by Crippen LogP contribution is -2.48. The number of ether oxygens (including phenoxy) is 2. The number of likely N-dealkylation sites (N-methyl/N-ethyl adjacent to an activating group) is 1. The van der Waals surface area contributed by atoms with E-state index in [1.165, 1.54) is 10.6 Å². The van der Waals surface area contributed by atoms with Crippen molar-refractivity contribution in [3.05, 3.63) is 48.5 Å². The van der Waals surface area contributed by atoms with Crippen LogP contribution in [0.15, 0.2) is 47.1 Å². The Morgan fingerprint density at radius 1 is 1.07 bits per heavy atom. The number of carbonyl (C=O) groups excluding carboxylic acids is 1. The standard InChI is InChI=1S/C30H39FN10O4/c1-37(30-34-27-20-24(26-3-2-16-44-26)36-41(27)29(32)35-30)8-9-39-10-12-40(13-11-39)25-5-4-22(19-23(25)31)45-21-28(42)33-6-7-38-14-17-43-18-15-38/h2-5,16,19-20H,6-15,17-18,21H2,1H3,(H,33,42)(H2,32,34,35). The average Bonchev–Trinajstić information content (AvgIpc) is 3.75. The Labute approximate surface area is 260 Å². The van der Waals surface area contributed by atoms with Crippen molar-refractivity contribution < 1.29 is 23.1 Å². The third-order valence-electron chi connectivity index (χ3n) is 8.06. The smallest absolute Gasteiger partial charge is 0.257 e. The normalized spacial score (nSPS) is 16.3. The minimum absolute atomic E-state index is 0.158. The highest BCUT2D eigenvalue weighted by Crippen LogP contribution is 2.26. The number of hydrogen-bond acceptors (Lipinski definition) is 12. The number of aromatic nitrogens is 4. The minimum Gasteiger partial charge on any atom is -0.484 e. The molecule has 5 heterocycles. The van der Waals surface area contributed by atoms with Gasteiger partial charge in [-0.3, -0.25) is 14.6 Å². The van der Waals surface area contributed by atoms with Gasteiger partial charge in [0.15, 0.2) is 18.0 Å². The molecular weight excluding hydrogens is 583 g/mol. The number of nitrogens with zero attached hydrogens (tertiary/aromatic N) is 8. The molecule has 45 heavy (non-hydrogen) atoms. The van der Waals surface area contributed by atoms with Gasteiger partial charge < -0.3 is 34.7 Å². The summed E-state index contributed by atoms with van der Waals surface area (Å²) in [4.78, 5) is 29.8. The second kappa shape index (κ2) is 14.1. The number of hydrogen-bond donors (Lipinski definition) is 2. The highest BCUT2D eigenvalue weighted by atomic mass is 19.1. The Morgan fingerprint density at radius 3 is 2.62 bits per heavy atom. The fourth-order valence-corrected chi connectivity index (χ4v) is 5.43. The van der Waals surface area contributed by atoms with Gasteiger partial charge in [-0.15, -0.1) is 0 Å². The highest BCUT2D eigenvalue weighted by Gasteiger charge is 2.21. The third kappa shape index (κ3) is 7.61. The van der Waals surface area contributed by atoms with E-state index >= 15 is 4.39 Å². The van der Waals surface area contributed by atoms with E-state index in [1.54, 1.807) is 24.5 Å². The molecule has 0 saturated carbocycles. The first kappa shape index (κ1) is 30.6. The van der Waals surface area contributed by atoms with Gasteiger partial charge in [-0.2, -0.15) is 19.6 Å². The van der Waals surface area contributed by atoms with Gasteiger partial charge in [0.05, 0.1) is 25.2 Å². The van der Waals surface area contributed by atoms with Crippen LogP contribution in [0.5, 0.6) is 5.75 Å². The van der Waals surface area contributed by atoms with E-state index in [-0.39, 0.29) is 24.3 Å². The molecule has 15 heteroatoms. The maximum Gasteiger partial charge on any atom is 0.257 e. The molecule has 0 spiro atoms. The molecule has 0 aliphatic carbocycles. The van der Waals surface area contributed by atoms with Crippen LogP contribution in [0.2, 0.25) is 0 Å². The number of benzene rings is 1. The van der Waals surface area contributed by atoms with Gasteiger partial charge in [0.2, 0.25) is 11.9 Å². The fraction of sp³-hybridized carbons (Fsp3) is 0.467. The first-order valence-corrected chi connectivity index (χ1v) is 15.2. The molecule has 240 valence electrons. The highest BCUT2D eigenvalue weighted by molar-refractivity contribution is 5.77. The van der Waals surface area contributed by atoms with Crippen molar-refractivity contribution in [1.82, 2.24) is 34.7 Å². The van der Waals surface area contributed by atoms with E-state index in [4.69, 9.17) is 19.6 Å². The summed E-state index contributed by atoms with van der Waals surface area (Å²) >= 11 is 0. The number of furan rings is 1. The quantitative estimate of drug-likeness (QED) is 0.234. The van der Waals surface area contributed by atoms with Gasteiger partial charge in [-0.1, -0.05) is 0 Å². The number of fused-ring (bicyclic) bond motifs is 1. The second-order valence-electron chi connectivity index (χ2n) is 11.1. The van der Waals surface area contributed by atoms with Gasteiger partial charge in [0, 0.05) is 84.6 Å². The van der Waals surface area contributed by atoms with Gasteiger partial charge in [0.1, 0.15) is 17.3 Å².